The molecule has 1 aliphatic heterocycles. The molecule has 18 heteroatoms. The predicted molar refractivity (Wildman–Crippen MR) is 194 cm³/mol. The van der Waals surface area contributed by atoms with Gasteiger partial charge in [-0.15, -0.1) is 5.10 Å². The van der Waals surface area contributed by atoms with Gasteiger partial charge in [-0.1, -0.05) is 17.7 Å². The van der Waals surface area contributed by atoms with Crippen LogP contribution in [0.25, 0.3) is 11.4 Å². The fraction of sp³-hybridized carbons (Fsp3) is 0.432. The van der Waals surface area contributed by atoms with E-state index in [2.05, 4.69) is 20.7 Å². The summed E-state index contributed by atoms with van der Waals surface area (Å²) < 4.78 is 42.8. The lowest BCUT2D eigenvalue weighted by molar-refractivity contribution is -0.137. The topological polar surface area (TPSA) is 167 Å². The van der Waals surface area contributed by atoms with E-state index in [0.717, 1.165) is 30.2 Å². The van der Waals surface area contributed by atoms with Crippen LogP contribution < -0.4 is 16.2 Å². The van der Waals surface area contributed by atoms with Crippen molar-refractivity contribution in [2.75, 3.05) is 32.5 Å². The van der Waals surface area contributed by atoms with Crippen molar-refractivity contribution in [2.45, 2.75) is 68.6 Å². The number of benzene rings is 1. The highest BCUT2D eigenvalue weighted by molar-refractivity contribution is 6.33. The quantitative estimate of drug-likeness (QED) is 0.251. The number of pyridine rings is 1. The van der Waals surface area contributed by atoms with E-state index in [-0.39, 0.29) is 63.9 Å². The van der Waals surface area contributed by atoms with E-state index in [4.69, 9.17) is 16.6 Å². The Morgan fingerprint density at radius 2 is 1.91 bits per heavy atom. The molecule has 0 radical (unpaired) electrons. The van der Waals surface area contributed by atoms with Crippen molar-refractivity contribution in [1.82, 2.24) is 39.3 Å². The van der Waals surface area contributed by atoms with E-state index in [0.29, 0.717) is 62.3 Å². The number of likely N-dealkylation sites (tertiary alicyclic amines) is 1. The van der Waals surface area contributed by atoms with Gasteiger partial charge in [0.15, 0.2) is 11.5 Å². The molecule has 3 aliphatic carbocycles. The molecular formula is C37H37ClF3N9O5. The van der Waals surface area contributed by atoms with Gasteiger partial charge in [0.1, 0.15) is 12.3 Å². The van der Waals surface area contributed by atoms with E-state index < -0.39 is 29.0 Å². The second-order valence-corrected chi connectivity index (χ2v) is 15.3. The molecule has 288 valence electrons. The van der Waals surface area contributed by atoms with Crippen molar-refractivity contribution < 1.29 is 32.7 Å². The van der Waals surface area contributed by atoms with E-state index in [1.54, 1.807) is 23.6 Å². The van der Waals surface area contributed by atoms with Gasteiger partial charge in [-0.05, 0) is 80.3 Å². The first-order valence-electron chi connectivity index (χ1n) is 18.0. The van der Waals surface area contributed by atoms with Crippen molar-refractivity contribution in [3.8, 4) is 5.75 Å². The normalized spacial score (nSPS) is 21.2. The van der Waals surface area contributed by atoms with Gasteiger partial charge in [0.25, 0.3) is 11.5 Å². The Labute approximate surface area is 317 Å². The zero-order chi connectivity index (χ0) is 39.0. The highest BCUT2D eigenvalue weighted by Gasteiger charge is 2.64. The number of aromatic hydroxyl groups is 1. The van der Waals surface area contributed by atoms with Crippen molar-refractivity contribution in [3.05, 3.63) is 86.3 Å². The summed E-state index contributed by atoms with van der Waals surface area (Å²) in [4.78, 5) is 65.9. The van der Waals surface area contributed by atoms with Crippen LogP contribution in [0.3, 0.4) is 0 Å². The Morgan fingerprint density at radius 1 is 1.15 bits per heavy atom. The molecule has 1 unspecified atom stereocenters. The number of amides is 4. The van der Waals surface area contributed by atoms with Gasteiger partial charge in [0, 0.05) is 62.0 Å². The van der Waals surface area contributed by atoms with Crippen molar-refractivity contribution in [2.24, 2.45) is 5.92 Å². The Hall–Kier alpha value is -5.45. The summed E-state index contributed by atoms with van der Waals surface area (Å²) in [7, 11) is 3.33. The molecule has 1 saturated heterocycles. The van der Waals surface area contributed by atoms with E-state index in [1.807, 2.05) is 6.08 Å². The van der Waals surface area contributed by atoms with Crippen LogP contribution in [0.4, 0.5) is 23.7 Å². The van der Waals surface area contributed by atoms with Crippen LogP contribution in [0.2, 0.25) is 5.02 Å². The largest absolute Gasteiger partial charge is 0.505 e. The van der Waals surface area contributed by atoms with Gasteiger partial charge in [-0.3, -0.25) is 14.4 Å². The zero-order valence-corrected chi connectivity index (χ0v) is 30.6. The summed E-state index contributed by atoms with van der Waals surface area (Å²) in [5.41, 5.74) is 0.00702. The molecular weight excluding hydrogens is 743 g/mol. The monoisotopic (exact) mass is 779 g/mol. The lowest BCUT2D eigenvalue weighted by Crippen LogP contribution is -2.48. The molecule has 4 aliphatic rings. The maximum atomic E-state index is 14.6. The number of anilines is 1. The first-order chi connectivity index (χ1) is 26.2. The summed E-state index contributed by atoms with van der Waals surface area (Å²) >= 11 is 6.18. The summed E-state index contributed by atoms with van der Waals surface area (Å²) in [6.45, 7) is 0.286. The number of rotatable bonds is 6. The number of allylic oxidation sites excluding steroid dienone is 1. The molecule has 3 atom stereocenters. The fourth-order valence-electron chi connectivity index (χ4n) is 8.55. The van der Waals surface area contributed by atoms with Gasteiger partial charge in [-0.25, -0.2) is 9.78 Å². The van der Waals surface area contributed by atoms with E-state index in [1.165, 1.54) is 27.7 Å². The first-order valence-corrected chi connectivity index (χ1v) is 18.3. The van der Waals surface area contributed by atoms with Crippen LogP contribution in [-0.4, -0.2) is 90.1 Å². The fourth-order valence-corrected chi connectivity index (χ4v) is 8.78. The molecule has 1 spiro atoms. The molecule has 1 saturated carbocycles. The number of piperidine rings is 1. The van der Waals surface area contributed by atoms with Gasteiger partial charge in [0.05, 0.1) is 16.3 Å². The van der Waals surface area contributed by atoms with Crippen LogP contribution in [0.5, 0.6) is 5.75 Å². The lowest BCUT2D eigenvalue weighted by Gasteiger charge is -2.41. The van der Waals surface area contributed by atoms with Crippen LogP contribution in [0.15, 0.2) is 47.4 Å². The maximum absolute atomic E-state index is 14.6. The third-order valence-electron chi connectivity index (χ3n) is 11.4. The van der Waals surface area contributed by atoms with E-state index in [9.17, 15) is 37.5 Å². The number of urea groups is 1. The molecule has 8 rings (SSSR count). The second-order valence-electron chi connectivity index (χ2n) is 14.9. The Bertz CT molecular complexity index is 2350. The molecule has 2 fully saturated rings. The van der Waals surface area contributed by atoms with Crippen molar-refractivity contribution in [1.29, 1.82) is 0 Å². The van der Waals surface area contributed by atoms with Gasteiger partial charge in [-0.2, -0.15) is 22.7 Å². The number of nitrogens with zero attached hydrogens (tertiary/aromatic N) is 7. The van der Waals surface area contributed by atoms with Crippen LogP contribution in [0.1, 0.15) is 77.6 Å². The first kappa shape index (κ1) is 36.5. The summed E-state index contributed by atoms with van der Waals surface area (Å²) in [6, 6.07) is 5.32. The van der Waals surface area contributed by atoms with Gasteiger partial charge in [0.2, 0.25) is 11.7 Å². The molecule has 14 nitrogen and oxygen atoms in total. The molecule has 3 N–H and O–H groups in total. The lowest BCUT2D eigenvalue weighted by atomic mass is 9.71. The van der Waals surface area contributed by atoms with Crippen molar-refractivity contribution in [3.63, 3.8) is 0 Å². The van der Waals surface area contributed by atoms with Crippen LogP contribution in [-0.2, 0) is 22.9 Å². The Morgan fingerprint density at radius 3 is 2.56 bits per heavy atom. The number of carbonyl (C=O) groups excluding carboxylic acids is 3. The number of alkyl halides is 3. The number of nitrogens with one attached hydrogen (secondary N) is 2. The summed E-state index contributed by atoms with van der Waals surface area (Å²) in [5.74, 6) is -0.735. The number of halogens is 4. The maximum Gasteiger partial charge on any atom is 0.416 e. The number of aromatic nitrogens is 5. The van der Waals surface area contributed by atoms with Crippen LogP contribution in [0, 0.1) is 5.92 Å². The standard InChI is InChI=1S/C37H37ClF3N9O5/c1-47(2)35(55)43-21-8-5-19(6-9-21)31-45-34-49(18-27(52)44-25-10-7-20(16-24(25)38)37(39,40)41)30-22-17-23(22)36(28(30)32(53)50(34)46-31)11-14-48(15-12-36)33(54)29-26(51)4-3-13-42-29/h3-5,7,10,13,16,21-23,51H,6,8-9,11-12,14-15,17-18H2,1-2H3,(H,43,55)(H,44,52)/t21?,22-,23+/m0/s1. The van der Waals surface area contributed by atoms with Gasteiger partial charge < -0.3 is 30.1 Å². The molecule has 55 heavy (non-hydrogen) atoms. The zero-order valence-electron chi connectivity index (χ0n) is 29.9. The van der Waals surface area contributed by atoms with Crippen LogP contribution >= 0.6 is 11.6 Å². The van der Waals surface area contributed by atoms with Gasteiger partial charge >= 0.3 is 12.2 Å². The van der Waals surface area contributed by atoms with E-state index >= 15 is 0 Å². The summed E-state index contributed by atoms with van der Waals surface area (Å²) in [6.07, 6.45) is 2.11. The minimum Gasteiger partial charge on any atom is -0.505 e. The number of hydrogen-bond acceptors (Lipinski definition) is 8. The highest BCUT2D eigenvalue weighted by atomic mass is 35.5. The smallest absolute Gasteiger partial charge is 0.416 e. The molecule has 0 bridgehead atoms. The number of carbonyl (C=O) groups is 3. The summed E-state index contributed by atoms with van der Waals surface area (Å²) in [5, 5.41) is 20.3. The average Bonchev–Trinajstić information content (AvgIpc) is 3.75. The third-order valence-corrected chi connectivity index (χ3v) is 11.7. The predicted octanol–water partition coefficient (Wildman–Crippen LogP) is 4.80. The molecule has 3 aromatic heterocycles. The Balaban J connectivity index is 1.15. The Kier molecular flexibility index (Phi) is 8.89. The third kappa shape index (κ3) is 6.37. The number of hydrogen-bond donors (Lipinski definition) is 3. The number of fused-ring (bicyclic) bond motifs is 6. The molecule has 4 aromatic rings. The average molecular weight is 780 g/mol. The highest BCUT2D eigenvalue weighted by Crippen LogP contribution is 2.67. The minimum atomic E-state index is -4.62. The SMILES string of the molecule is CN(C)C(=O)NC1CC=C(c2nc3n(CC(=O)Nc4ccc(C(F)(F)F)cc4Cl)c4c(c(=O)n3n2)C2(CCN(C(=O)c3ncccc3O)CC2)[C@@H]2C[C@H]42)CC1. The molecule has 4 heterocycles. The molecule has 1 aromatic carbocycles. The minimum absolute atomic E-state index is 0.00411. The van der Waals surface area contributed by atoms with Crippen molar-refractivity contribution >= 4 is 46.5 Å². The second kappa shape index (κ2) is 13.4. The molecule has 4 amide bonds.